The molecule has 4 rings (SSSR count). The molecule has 0 radical (unpaired) electrons. The lowest BCUT2D eigenvalue weighted by Gasteiger charge is -2.17. The molecule has 1 aromatic heterocycles. The van der Waals surface area contributed by atoms with Gasteiger partial charge in [0.15, 0.2) is 11.5 Å². The first-order valence-corrected chi connectivity index (χ1v) is 8.66. The Bertz CT molecular complexity index is 930. The third-order valence-corrected chi connectivity index (χ3v) is 5.08. The number of aryl methyl sites for hydroxylation is 2. The lowest BCUT2D eigenvalue weighted by atomic mass is 9.89. The Hall–Kier alpha value is -3.16. The number of carbonyl (C=O) groups is 2. The van der Waals surface area contributed by atoms with Crippen molar-refractivity contribution in [2.24, 2.45) is 5.92 Å². The number of carboxylic acids is 1. The van der Waals surface area contributed by atoms with E-state index in [1.807, 2.05) is 6.07 Å². The number of hydrogen-bond acceptors (Lipinski definition) is 6. The van der Waals surface area contributed by atoms with Gasteiger partial charge in [-0.05, 0) is 31.5 Å². The molecule has 1 fully saturated rings. The number of carboxylic acid groups (broad SMARTS) is 1. The molecular formula is C19H19N3O5. The van der Waals surface area contributed by atoms with E-state index in [9.17, 15) is 14.7 Å². The van der Waals surface area contributed by atoms with E-state index in [2.05, 4.69) is 9.97 Å². The maximum Gasteiger partial charge on any atom is 0.308 e. The first-order valence-electron chi connectivity index (χ1n) is 8.66. The topological polar surface area (TPSA) is 102 Å². The largest absolute Gasteiger partial charge is 0.481 e. The van der Waals surface area contributed by atoms with Crippen LogP contribution < -0.4 is 9.47 Å². The van der Waals surface area contributed by atoms with Crippen LogP contribution in [0.5, 0.6) is 11.5 Å². The molecule has 8 nitrogen and oxygen atoms in total. The van der Waals surface area contributed by atoms with Gasteiger partial charge in [-0.1, -0.05) is 6.07 Å². The number of rotatable bonds is 3. The summed E-state index contributed by atoms with van der Waals surface area (Å²) in [6.45, 7) is 4.11. The maximum atomic E-state index is 12.9. The SMILES string of the molecule is Cc1ncc(C(=O)N2C[C@@H](C(=O)O)[C@H](c3ccc4c(c3)OCO4)C2)c(C)n1. The van der Waals surface area contributed by atoms with Gasteiger partial charge in [-0.25, -0.2) is 9.97 Å². The molecule has 1 amide bonds. The third kappa shape index (κ3) is 3.07. The van der Waals surface area contributed by atoms with Gasteiger partial charge in [-0.3, -0.25) is 9.59 Å². The summed E-state index contributed by atoms with van der Waals surface area (Å²) in [7, 11) is 0. The number of benzene rings is 1. The zero-order valence-electron chi connectivity index (χ0n) is 15.0. The third-order valence-electron chi connectivity index (χ3n) is 5.08. The fourth-order valence-electron chi connectivity index (χ4n) is 3.66. The molecule has 8 heteroatoms. The summed E-state index contributed by atoms with van der Waals surface area (Å²) < 4.78 is 10.7. The Balaban J connectivity index is 1.62. The minimum absolute atomic E-state index is 0.139. The Kier molecular flexibility index (Phi) is 4.18. The molecule has 1 saturated heterocycles. The smallest absolute Gasteiger partial charge is 0.308 e. The van der Waals surface area contributed by atoms with E-state index in [0.29, 0.717) is 35.1 Å². The molecule has 140 valence electrons. The van der Waals surface area contributed by atoms with Crippen LogP contribution in [0.2, 0.25) is 0 Å². The average molecular weight is 369 g/mol. The van der Waals surface area contributed by atoms with Crippen molar-refractivity contribution in [3.8, 4) is 11.5 Å². The molecule has 1 N–H and O–H groups in total. The minimum Gasteiger partial charge on any atom is -0.481 e. The molecule has 3 heterocycles. The van der Waals surface area contributed by atoms with E-state index in [-0.39, 0.29) is 25.2 Å². The minimum atomic E-state index is -0.926. The molecule has 0 unspecified atom stereocenters. The summed E-state index contributed by atoms with van der Waals surface area (Å²) in [5, 5.41) is 9.68. The highest BCUT2D eigenvalue weighted by molar-refractivity contribution is 5.95. The van der Waals surface area contributed by atoms with E-state index in [1.54, 1.807) is 30.9 Å². The number of aromatic nitrogens is 2. The molecule has 1 aromatic carbocycles. The van der Waals surface area contributed by atoms with E-state index < -0.39 is 11.9 Å². The Morgan fingerprint density at radius 1 is 1.19 bits per heavy atom. The standard InChI is InChI=1S/C19H19N3O5/c1-10-13(6-20-11(2)21-10)18(23)22-7-14(15(8-22)19(24)25)12-3-4-16-17(5-12)27-9-26-16/h3-6,14-15H,7-9H2,1-2H3,(H,24,25)/t14-,15+/m0/s1. The lowest BCUT2D eigenvalue weighted by Crippen LogP contribution is -2.30. The second kappa shape index (κ2) is 6.53. The quantitative estimate of drug-likeness (QED) is 0.879. The van der Waals surface area contributed by atoms with Gasteiger partial charge in [0.2, 0.25) is 6.79 Å². The Labute approximate surface area is 155 Å². The Morgan fingerprint density at radius 3 is 2.70 bits per heavy atom. The summed E-state index contributed by atoms with van der Waals surface area (Å²) in [6, 6.07) is 5.42. The zero-order chi connectivity index (χ0) is 19.1. The van der Waals surface area contributed by atoms with Gasteiger partial charge in [0.05, 0.1) is 17.2 Å². The van der Waals surface area contributed by atoms with Crippen molar-refractivity contribution in [2.45, 2.75) is 19.8 Å². The number of ether oxygens (including phenoxy) is 2. The molecule has 2 atom stereocenters. The maximum absolute atomic E-state index is 12.9. The normalized spacial score (nSPS) is 20.7. The van der Waals surface area contributed by atoms with Crippen LogP contribution in [-0.4, -0.2) is 51.7 Å². The molecule has 2 aliphatic rings. The fraction of sp³-hybridized carbons (Fsp3) is 0.368. The van der Waals surface area contributed by atoms with Crippen molar-refractivity contribution in [1.29, 1.82) is 0 Å². The van der Waals surface area contributed by atoms with E-state index in [4.69, 9.17) is 9.47 Å². The highest BCUT2D eigenvalue weighted by atomic mass is 16.7. The second-order valence-corrected chi connectivity index (χ2v) is 6.79. The number of fused-ring (bicyclic) bond motifs is 1. The van der Waals surface area contributed by atoms with Gasteiger partial charge in [0, 0.05) is 25.2 Å². The summed E-state index contributed by atoms with van der Waals surface area (Å²) in [5.74, 6) is -0.360. The number of carbonyl (C=O) groups excluding carboxylic acids is 1. The second-order valence-electron chi connectivity index (χ2n) is 6.79. The Morgan fingerprint density at radius 2 is 1.96 bits per heavy atom. The predicted molar refractivity (Wildman–Crippen MR) is 93.8 cm³/mol. The van der Waals surface area contributed by atoms with Crippen LogP contribution in [0.4, 0.5) is 0 Å². The van der Waals surface area contributed by atoms with Crippen molar-refractivity contribution < 1.29 is 24.2 Å². The van der Waals surface area contributed by atoms with Crippen LogP contribution in [0.15, 0.2) is 24.4 Å². The molecule has 0 bridgehead atoms. The van der Waals surface area contributed by atoms with Crippen LogP contribution in [-0.2, 0) is 4.79 Å². The first-order chi connectivity index (χ1) is 12.9. The van der Waals surface area contributed by atoms with Gasteiger partial charge in [0.25, 0.3) is 5.91 Å². The molecular weight excluding hydrogens is 350 g/mol. The molecule has 2 aliphatic heterocycles. The number of amides is 1. The van der Waals surface area contributed by atoms with Gasteiger partial charge in [-0.2, -0.15) is 0 Å². The first kappa shape index (κ1) is 17.3. The van der Waals surface area contributed by atoms with Crippen LogP contribution in [0.3, 0.4) is 0 Å². The fourth-order valence-corrected chi connectivity index (χ4v) is 3.66. The van der Waals surface area contributed by atoms with Gasteiger partial charge in [0.1, 0.15) is 5.82 Å². The molecule has 2 aromatic rings. The summed E-state index contributed by atoms with van der Waals surface area (Å²) in [6.07, 6.45) is 1.50. The zero-order valence-corrected chi connectivity index (χ0v) is 15.0. The lowest BCUT2D eigenvalue weighted by molar-refractivity contribution is -0.141. The van der Waals surface area contributed by atoms with E-state index in [1.165, 1.54) is 6.20 Å². The van der Waals surface area contributed by atoms with Crippen LogP contribution in [0, 0.1) is 19.8 Å². The molecule has 27 heavy (non-hydrogen) atoms. The monoisotopic (exact) mass is 369 g/mol. The average Bonchev–Trinajstić information content (AvgIpc) is 3.27. The number of nitrogens with zero attached hydrogens (tertiary/aromatic N) is 3. The van der Waals surface area contributed by atoms with Gasteiger partial charge < -0.3 is 19.5 Å². The van der Waals surface area contributed by atoms with Gasteiger partial charge in [-0.15, -0.1) is 0 Å². The predicted octanol–water partition coefficient (Wildman–Crippen LogP) is 1.76. The van der Waals surface area contributed by atoms with Crippen molar-refractivity contribution in [2.75, 3.05) is 19.9 Å². The van der Waals surface area contributed by atoms with Crippen LogP contribution >= 0.6 is 0 Å². The highest BCUT2D eigenvalue weighted by Crippen LogP contribution is 2.39. The van der Waals surface area contributed by atoms with Crippen molar-refractivity contribution >= 4 is 11.9 Å². The van der Waals surface area contributed by atoms with E-state index in [0.717, 1.165) is 5.56 Å². The number of aliphatic carboxylic acids is 1. The highest BCUT2D eigenvalue weighted by Gasteiger charge is 2.41. The van der Waals surface area contributed by atoms with E-state index >= 15 is 0 Å². The number of likely N-dealkylation sites (tertiary alicyclic amines) is 1. The summed E-state index contributed by atoms with van der Waals surface area (Å²) in [4.78, 5) is 34.6. The van der Waals surface area contributed by atoms with Gasteiger partial charge >= 0.3 is 5.97 Å². The molecule has 0 saturated carbocycles. The van der Waals surface area contributed by atoms with Crippen molar-refractivity contribution in [1.82, 2.24) is 14.9 Å². The summed E-state index contributed by atoms with van der Waals surface area (Å²) in [5.41, 5.74) is 1.81. The summed E-state index contributed by atoms with van der Waals surface area (Å²) >= 11 is 0. The number of hydrogen-bond donors (Lipinski definition) is 1. The van der Waals surface area contributed by atoms with Crippen molar-refractivity contribution in [3.05, 3.63) is 47.0 Å². The molecule has 0 spiro atoms. The molecule has 0 aliphatic carbocycles. The van der Waals surface area contributed by atoms with Crippen molar-refractivity contribution in [3.63, 3.8) is 0 Å². The van der Waals surface area contributed by atoms with Crippen LogP contribution in [0.1, 0.15) is 33.4 Å². The van der Waals surface area contributed by atoms with Crippen LogP contribution in [0.25, 0.3) is 0 Å².